The molecule has 0 spiro atoms. The van der Waals surface area contributed by atoms with Crippen LogP contribution in [0, 0.1) is 11.8 Å². The Labute approximate surface area is 154 Å². The number of nitrogens with zero attached hydrogens (tertiary/aromatic N) is 1. The zero-order chi connectivity index (χ0) is 19.4. The number of carbonyl (C=O) groups excluding carboxylic acids is 3. The van der Waals surface area contributed by atoms with Crippen molar-refractivity contribution in [1.82, 2.24) is 5.32 Å². The number of esters is 1. The molecule has 0 fully saturated rings. The van der Waals surface area contributed by atoms with E-state index in [1.165, 1.54) is 12.0 Å². The minimum atomic E-state index is -0.775. The van der Waals surface area contributed by atoms with E-state index >= 15 is 0 Å². The van der Waals surface area contributed by atoms with Crippen LogP contribution in [0.4, 0.5) is 16.2 Å². The van der Waals surface area contributed by atoms with Gasteiger partial charge in [-0.25, -0.2) is 9.59 Å². The lowest BCUT2D eigenvalue weighted by Gasteiger charge is -2.39. The first-order valence-electron chi connectivity index (χ1n) is 8.89. The van der Waals surface area contributed by atoms with Crippen LogP contribution in [-0.2, 0) is 14.3 Å². The summed E-state index contributed by atoms with van der Waals surface area (Å²) < 4.78 is 4.84. The van der Waals surface area contributed by atoms with Gasteiger partial charge in [0.25, 0.3) is 0 Å². The Morgan fingerprint density at radius 2 is 1.92 bits per heavy atom. The molecule has 142 valence electrons. The molecule has 7 heteroatoms. The maximum atomic E-state index is 13.1. The number of amides is 3. The van der Waals surface area contributed by atoms with Crippen molar-refractivity contribution in [1.29, 1.82) is 0 Å². The van der Waals surface area contributed by atoms with Crippen molar-refractivity contribution in [2.45, 2.75) is 46.2 Å². The van der Waals surface area contributed by atoms with E-state index in [1.54, 1.807) is 24.3 Å². The SMILES string of the molecule is CC[C@@H](C)[C@@H](NC(=O)N1c2ccccc2NC(=O)[C@@H]1C(C)C)C(=O)OC. The van der Waals surface area contributed by atoms with Crippen molar-refractivity contribution in [3.63, 3.8) is 0 Å². The Hall–Kier alpha value is -2.57. The summed E-state index contributed by atoms with van der Waals surface area (Å²) in [4.78, 5) is 39.2. The van der Waals surface area contributed by atoms with Gasteiger partial charge in [0.1, 0.15) is 12.1 Å². The van der Waals surface area contributed by atoms with Crippen molar-refractivity contribution in [3.05, 3.63) is 24.3 Å². The average molecular weight is 361 g/mol. The molecular weight excluding hydrogens is 334 g/mol. The zero-order valence-electron chi connectivity index (χ0n) is 15.9. The molecule has 0 aromatic heterocycles. The Balaban J connectivity index is 2.39. The van der Waals surface area contributed by atoms with Gasteiger partial charge >= 0.3 is 12.0 Å². The molecule has 1 aromatic carbocycles. The Morgan fingerprint density at radius 1 is 1.27 bits per heavy atom. The second-order valence-electron chi connectivity index (χ2n) is 6.90. The number of rotatable bonds is 5. The van der Waals surface area contributed by atoms with Crippen LogP contribution in [0.1, 0.15) is 34.1 Å². The maximum absolute atomic E-state index is 13.1. The minimum absolute atomic E-state index is 0.0993. The number of hydrogen-bond acceptors (Lipinski definition) is 4. The van der Waals surface area contributed by atoms with Crippen molar-refractivity contribution >= 4 is 29.3 Å². The number of fused-ring (bicyclic) bond motifs is 1. The molecule has 0 saturated carbocycles. The molecule has 3 atom stereocenters. The van der Waals surface area contributed by atoms with E-state index in [1.807, 2.05) is 27.7 Å². The number of methoxy groups -OCH3 is 1. The van der Waals surface area contributed by atoms with Crippen LogP contribution in [-0.4, -0.2) is 37.1 Å². The lowest BCUT2D eigenvalue weighted by atomic mass is 9.97. The molecule has 1 aliphatic heterocycles. The molecular formula is C19H27N3O4. The third-order valence-electron chi connectivity index (χ3n) is 4.77. The van der Waals surface area contributed by atoms with Crippen molar-refractivity contribution in [3.8, 4) is 0 Å². The highest BCUT2D eigenvalue weighted by Gasteiger charge is 2.40. The zero-order valence-corrected chi connectivity index (χ0v) is 15.9. The topological polar surface area (TPSA) is 87.7 Å². The van der Waals surface area contributed by atoms with Gasteiger partial charge < -0.3 is 15.4 Å². The second kappa shape index (κ2) is 8.21. The lowest BCUT2D eigenvalue weighted by molar-refractivity contribution is -0.144. The molecule has 0 bridgehead atoms. The molecule has 0 radical (unpaired) electrons. The van der Waals surface area contributed by atoms with Gasteiger partial charge in [-0.1, -0.05) is 46.2 Å². The number of hydrogen-bond donors (Lipinski definition) is 2. The normalized spacial score (nSPS) is 18.6. The van der Waals surface area contributed by atoms with Gasteiger partial charge in [0.2, 0.25) is 5.91 Å². The van der Waals surface area contributed by atoms with E-state index in [0.29, 0.717) is 17.8 Å². The first kappa shape index (κ1) is 19.8. The predicted molar refractivity (Wildman–Crippen MR) is 100.0 cm³/mol. The highest BCUT2D eigenvalue weighted by atomic mass is 16.5. The Bertz CT molecular complexity index is 689. The monoisotopic (exact) mass is 361 g/mol. The van der Waals surface area contributed by atoms with Crippen LogP contribution in [0.2, 0.25) is 0 Å². The van der Waals surface area contributed by atoms with E-state index in [9.17, 15) is 14.4 Å². The molecule has 0 unspecified atom stereocenters. The molecule has 26 heavy (non-hydrogen) atoms. The summed E-state index contributed by atoms with van der Waals surface area (Å²) in [6.45, 7) is 7.57. The quantitative estimate of drug-likeness (QED) is 0.790. The molecule has 0 saturated heterocycles. The van der Waals surface area contributed by atoms with E-state index in [2.05, 4.69) is 10.6 Å². The maximum Gasteiger partial charge on any atom is 0.328 e. The van der Waals surface area contributed by atoms with Crippen LogP contribution < -0.4 is 15.5 Å². The highest BCUT2D eigenvalue weighted by Crippen LogP contribution is 2.34. The summed E-state index contributed by atoms with van der Waals surface area (Å²) in [5, 5.41) is 5.61. The van der Waals surface area contributed by atoms with Crippen LogP contribution in [0.5, 0.6) is 0 Å². The summed E-state index contributed by atoms with van der Waals surface area (Å²) >= 11 is 0. The van der Waals surface area contributed by atoms with Crippen LogP contribution in [0.15, 0.2) is 24.3 Å². The number of anilines is 2. The molecule has 1 heterocycles. The van der Waals surface area contributed by atoms with Gasteiger partial charge in [-0.05, 0) is 24.0 Å². The van der Waals surface area contributed by atoms with Gasteiger partial charge in [-0.15, -0.1) is 0 Å². The van der Waals surface area contributed by atoms with Crippen LogP contribution >= 0.6 is 0 Å². The lowest BCUT2D eigenvalue weighted by Crippen LogP contribution is -2.59. The Kier molecular flexibility index (Phi) is 6.23. The largest absolute Gasteiger partial charge is 0.467 e. The second-order valence-corrected chi connectivity index (χ2v) is 6.90. The number of urea groups is 1. The van der Waals surface area contributed by atoms with Gasteiger partial charge in [0, 0.05) is 0 Å². The summed E-state index contributed by atoms with van der Waals surface area (Å²) in [6.07, 6.45) is 0.699. The Morgan fingerprint density at radius 3 is 2.50 bits per heavy atom. The number of para-hydroxylation sites is 2. The molecule has 0 aliphatic carbocycles. The molecule has 7 nitrogen and oxygen atoms in total. The smallest absolute Gasteiger partial charge is 0.328 e. The number of benzene rings is 1. The molecule has 1 aromatic rings. The fourth-order valence-electron chi connectivity index (χ4n) is 3.10. The van der Waals surface area contributed by atoms with Gasteiger partial charge in [0.05, 0.1) is 18.5 Å². The van der Waals surface area contributed by atoms with E-state index in [-0.39, 0.29) is 17.7 Å². The summed E-state index contributed by atoms with van der Waals surface area (Å²) in [5.74, 6) is -0.942. The predicted octanol–water partition coefficient (Wildman–Crippen LogP) is 2.77. The minimum Gasteiger partial charge on any atom is -0.467 e. The molecule has 2 rings (SSSR count). The fraction of sp³-hybridized carbons (Fsp3) is 0.526. The van der Waals surface area contributed by atoms with Gasteiger partial charge in [0.15, 0.2) is 0 Å². The number of nitrogens with one attached hydrogen (secondary N) is 2. The fourth-order valence-corrected chi connectivity index (χ4v) is 3.10. The third-order valence-corrected chi connectivity index (χ3v) is 4.77. The first-order valence-corrected chi connectivity index (χ1v) is 8.89. The standard InChI is InChI=1S/C19H27N3O4/c1-6-12(4)15(18(24)26-5)21-19(25)22-14-10-8-7-9-13(14)20-17(23)16(22)11(2)3/h7-12,15-16H,6H2,1-5H3,(H,20,23)(H,21,25)/t12-,15-,16+/m1/s1. The van der Waals surface area contributed by atoms with Crippen LogP contribution in [0.3, 0.4) is 0 Å². The van der Waals surface area contributed by atoms with Crippen molar-refractivity contribution in [2.75, 3.05) is 17.3 Å². The first-order chi connectivity index (χ1) is 12.3. The highest BCUT2D eigenvalue weighted by molar-refractivity contribution is 6.12. The van der Waals surface area contributed by atoms with Crippen molar-refractivity contribution in [2.24, 2.45) is 11.8 Å². The number of carbonyl (C=O) groups is 3. The average Bonchev–Trinajstić information content (AvgIpc) is 2.63. The van der Waals surface area contributed by atoms with Crippen molar-refractivity contribution < 1.29 is 19.1 Å². The summed E-state index contributed by atoms with van der Waals surface area (Å²) in [7, 11) is 1.30. The molecule has 2 N–H and O–H groups in total. The van der Waals surface area contributed by atoms with E-state index < -0.39 is 24.1 Å². The van der Waals surface area contributed by atoms with E-state index in [0.717, 1.165) is 0 Å². The summed E-state index contributed by atoms with van der Waals surface area (Å²) in [5.41, 5.74) is 1.18. The summed E-state index contributed by atoms with van der Waals surface area (Å²) in [6, 6.07) is 5.20. The van der Waals surface area contributed by atoms with E-state index in [4.69, 9.17) is 4.74 Å². The molecule has 1 aliphatic rings. The van der Waals surface area contributed by atoms with Crippen LogP contribution in [0.25, 0.3) is 0 Å². The van der Waals surface area contributed by atoms with Gasteiger partial charge in [-0.3, -0.25) is 9.69 Å². The van der Waals surface area contributed by atoms with Gasteiger partial charge in [-0.2, -0.15) is 0 Å². The molecule has 3 amide bonds. The number of ether oxygens (including phenoxy) is 1. The third kappa shape index (κ3) is 3.81.